The van der Waals surface area contributed by atoms with Crippen LogP contribution in [-0.2, 0) is 10.0 Å². The zero-order valence-electron chi connectivity index (χ0n) is 9.90. The molecule has 0 aliphatic carbocycles. The van der Waals surface area contributed by atoms with Gasteiger partial charge in [-0.15, -0.1) is 0 Å². The first kappa shape index (κ1) is 13.9. The van der Waals surface area contributed by atoms with Crippen molar-refractivity contribution in [3.63, 3.8) is 0 Å². The number of rotatable bonds is 2. The average Bonchev–Trinajstić information content (AvgIpc) is 2.79. The minimum Gasteiger partial charge on any atom is -0.339 e. The summed E-state index contributed by atoms with van der Waals surface area (Å²) in [4.78, 5) is 12.5. The van der Waals surface area contributed by atoms with Crippen LogP contribution in [0.2, 0.25) is 0 Å². The number of carbonyl (C=O) groups excluding carboxylic acids is 1. The summed E-state index contributed by atoms with van der Waals surface area (Å²) in [5.41, 5.74) is -0.479. The summed E-state index contributed by atoms with van der Waals surface area (Å²) < 4.78 is 49.2. The molecule has 0 aromatic heterocycles. The van der Waals surface area contributed by atoms with Crippen molar-refractivity contribution in [2.45, 2.75) is 17.7 Å². The molecule has 1 saturated heterocycles. The van der Waals surface area contributed by atoms with E-state index in [1.807, 2.05) is 0 Å². The summed E-state index contributed by atoms with van der Waals surface area (Å²) in [5.74, 6) is -3.06. The molecule has 1 amide bonds. The molecular weight excluding hydrogens is 278 g/mol. The molecule has 0 saturated carbocycles. The van der Waals surface area contributed by atoms with Gasteiger partial charge in [-0.25, -0.2) is 22.3 Å². The number of halogens is 2. The highest BCUT2D eigenvalue weighted by Crippen LogP contribution is 2.21. The Morgan fingerprint density at radius 3 is 2.26 bits per heavy atom. The molecule has 8 heteroatoms. The van der Waals surface area contributed by atoms with Gasteiger partial charge in [-0.1, -0.05) is 0 Å². The normalized spacial score (nSPS) is 15.8. The maximum atomic E-state index is 13.6. The van der Waals surface area contributed by atoms with E-state index in [2.05, 4.69) is 0 Å². The van der Waals surface area contributed by atoms with Crippen LogP contribution in [-0.4, -0.2) is 32.3 Å². The molecule has 0 spiro atoms. The SMILES string of the molecule is NS(=O)(=O)c1cc(C(=O)N2CCCC2)c(F)cc1F. The van der Waals surface area contributed by atoms with Gasteiger partial charge in [0.15, 0.2) is 0 Å². The highest BCUT2D eigenvalue weighted by Gasteiger charge is 2.26. The Morgan fingerprint density at radius 2 is 1.74 bits per heavy atom. The molecule has 104 valence electrons. The molecule has 1 aromatic rings. The maximum Gasteiger partial charge on any atom is 0.256 e. The summed E-state index contributed by atoms with van der Waals surface area (Å²) in [6, 6.07) is 1.02. The van der Waals surface area contributed by atoms with E-state index < -0.39 is 38.0 Å². The fraction of sp³-hybridized carbons (Fsp3) is 0.364. The van der Waals surface area contributed by atoms with Crippen LogP contribution in [0.3, 0.4) is 0 Å². The summed E-state index contributed by atoms with van der Waals surface area (Å²) in [6.45, 7) is 0.945. The van der Waals surface area contributed by atoms with Crippen LogP contribution in [0.1, 0.15) is 23.2 Å². The standard InChI is InChI=1S/C11H12F2N2O3S/c12-8-6-9(13)10(19(14,17)18)5-7(8)11(16)15-3-1-2-4-15/h5-6H,1-4H2,(H2,14,17,18). The van der Waals surface area contributed by atoms with Crippen LogP contribution in [0.15, 0.2) is 17.0 Å². The quantitative estimate of drug-likeness (QED) is 0.876. The summed E-state index contributed by atoms with van der Waals surface area (Å²) >= 11 is 0. The third-order valence-electron chi connectivity index (χ3n) is 2.95. The molecule has 0 atom stereocenters. The summed E-state index contributed by atoms with van der Waals surface area (Å²) in [7, 11) is -4.34. The predicted octanol–water partition coefficient (Wildman–Crippen LogP) is 0.848. The lowest BCUT2D eigenvalue weighted by Crippen LogP contribution is -2.29. The number of nitrogens with two attached hydrogens (primary N) is 1. The first-order valence-corrected chi connectivity index (χ1v) is 7.16. The lowest BCUT2D eigenvalue weighted by molar-refractivity contribution is 0.0787. The third kappa shape index (κ3) is 2.74. The second kappa shape index (κ2) is 4.86. The third-order valence-corrected chi connectivity index (χ3v) is 3.88. The number of hydrogen-bond acceptors (Lipinski definition) is 3. The molecule has 0 unspecified atom stereocenters. The largest absolute Gasteiger partial charge is 0.339 e. The van der Waals surface area contributed by atoms with Gasteiger partial charge < -0.3 is 4.90 Å². The monoisotopic (exact) mass is 290 g/mol. The van der Waals surface area contributed by atoms with Gasteiger partial charge in [0, 0.05) is 19.2 Å². The van der Waals surface area contributed by atoms with E-state index in [0.717, 1.165) is 12.8 Å². The molecule has 1 aliphatic rings. The molecule has 1 aliphatic heterocycles. The molecule has 2 N–H and O–H groups in total. The van der Waals surface area contributed by atoms with Gasteiger partial charge in [0.2, 0.25) is 10.0 Å². The fourth-order valence-electron chi connectivity index (χ4n) is 2.00. The topological polar surface area (TPSA) is 80.5 Å². The Hall–Kier alpha value is -1.54. The van der Waals surface area contributed by atoms with Crippen LogP contribution < -0.4 is 5.14 Å². The van der Waals surface area contributed by atoms with Crippen molar-refractivity contribution in [2.24, 2.45) is 5.14 Å². The first-order chi connectivity index (χ1) is 8.80. The van der Waals surface area contributed by atoms with Crippen LogP contribution >= 0.6 is 0 Å². The zero-order chi connectivity index (χ0) is 14.2. The maximum absolute atomic E-state index is 13.6. The highest BCUT2D eigenvalue weighted by atomic mass is 32.2. The fourth-order valence-corrected chi connectivity index (χ4v) is 2.61. The molecule has 5 nitrogen and oxygen atoms in total. The van der Waals surface area contributed by atoms with Crippen molar-refractivity contribution >= 4 is 15.9 Å². The van der Waals surface area contributed by atoms with Gasteiger partial charge in [-0.3, -0.25) is 4.79 Å². The van der Waals surface area contributed by atoms with Gasteiger partial charge in [-0.2, -0.15) is 0 Å². The second-order valence-electron chi connectivity index (χ2n) is 4.31. The molecule has 1 fully saturated rings. The molecule has 1 aromatic carbocycles. The van der Waals surface area contributed by atoms with Crippen molar-refractivity contribution in [2.75, 3.05) is 13.1 Å². The first-order valence-electron chi connectivity index (χ1n) is 5.62. The van der Waals surface area contributed by atoms with Gasteiger partial charge in [0.05, 0.1) is 5.56 Å². The number of nitrogens with zero attached hydrogens (tertiary/aromatic N) is 1. The van der Waals surface area contributed by atoms with Crippen molar-refractivity contribution in [1.29, 1.82) is 0 Å². The number of primary sulfonamides is 1. The number of likely N-dealkylation sites (tertiary alicyclic amines) is 1. The van der Waals surface area contributed by atoms with Gasteiger partial charge in [0.25, 0.3) is 5.91 Å². The van der Waals surface area contributed by atoms with E-state index in [1.54, 1.807) is 0 Å². The summed E-state index contributed by atoms with van der Waals surface area (Å²) in [5, 5.41) is 4.82. The molecule has 2 rings (SSSR count). The predicted molar refractivity (Wildman–Crippen MR) is 62.9 cm³/mol. The van der Waals surface area contributed by atoms with E-state index in [1.165, 1.54) is 4.90 Å². The number of sulfonamides is 1. The van der Waals surface area contributed by atoms with Crippen molar-refractivity contribution in [1.82, 2.24) is 4.90 Å². The Balaban J connectivity index is 2.48. The average molecular weight is 290 g/mol. The van der Waals surface area contributed by atoms with Crippen molar-refractivity contribution in [3.05, 3.63) is 29.3 Å². The van der Waals surface area contributed by atoms with Crippen molar-refractivity contribution in [3.8, 4) is 0 Å². The number of benzene rings is 1. The van der Waals surface area contributed by atoms with Crippen LogP contribution in [0.25, 0.3) is 0 Å². The van der Waals surface area contributed by atoms with Gasteiger partial charge in [0.1, 0.15) is 16.5 Å². The number of carbonyl (C=O) groups is 1. The van der Waals surface area contributed by atoms with Crippen LogP contribution in [0.5, 0.6) is 0 Å². The Morgan fingerprint density at radius 1 is 1.16 bits per heavy atom. The second-order valence-corrected chi connectivity index (χ2v) is 5.84. The lowest BCUT2D eigenvalue weighted by Gasteiger charge is -2.16. The van der Waals surface area contributed by atoms with E-state index >= 15 is 0 Å². The minimum atomic E-state index is -4.34. The summed E-state index contributed by atoms with van der Waals surface area (Å²) in [6.07, 6.45) is 1.60. The molecule has 1 heterocycles. The van der Waals surface area contributed by atoms with E-state index in [0.29, 0.717) is 25.2 Å². The number of amides is 1. The molecule has 0 radical (unpaired) electrons. The van der Waals surface area contributed by atoms with Crippen LogP contribution in [0.4, 0.5) is 8.78 Å². The molecular formula is C11H12F2N2O3S. The smallest absolute Gasteiger partial charge is 0.256 e. The Bertz CT molecular complexity index is 625. The van der Waals surface area contributed by atoms with Crippen molar-refractivity contribution < 1.29 is 22.0 Å². The Labute approximate surface area is 109 Å². The Kier molecular flexibility index (Phi) is 3.55. The van der Waals surface area contributed by atoms with E-state index in [-0.39, 0.29) is 0 Å². The number of hydrogen-bond donors (Lipinski definition) is 1. The molecule has 19 heavy (non-hydrogen) atoms. The zero-order valence-corrected chi connectivity index (χ0v) is 10.7. The minimum absolute atomic E-state index is 0.364. The highest BCUT2D eigenvalue weighted by molar-refractivity contribution is 7.89. The van der Waals surface area contributed by atoms with Gasteiger partial charge >= 0.3 is 0 Å². The van der Waals surface area contributed by atoms with Gasteiger partial charge in [-0.05, 0) is 18.9 Å². The lowest BCUT2D eigenvalue weighted by atomic mass is 10.2. The van der Waals surface area contributed by atoms with E-state index in [9.17, 15) is 22.0 Å². The molecule has 0 bridgehead atoms. The van der Waals surface area contributed by atoms with Crippen LogP contribution in [0, 0.1) is 11.6 Å². The van der Waals surface area contributed by atoms with E-state index in [4.69, 9.17) is 5.14 Å².